The molecule has 2 atom stereocenters. The zero-order chi connectivity index (χ0) is 15.4. The molecular formula is C16H20ClNO3. The van der Waals surface area contributed by atoms with E-state index in [0.717, 1.165) is 19.5 Å². The van der Waals surface area contributed by atoms with E-state index in [0.29, 0.717) is 22.4 Å². The standard InChI is InChI=1S/C16H20ClNO3/c1-11-7-12(2)9-18(8-11)15(19)10-21-16(20)13-3-5-14(17)6-4-13/h3-6,11-12H,7-10H2,1-2H3/t11-,12+. The molecule has 0 N–H and O–H groups in total. The van der Waals surface area contributed by atoms with Gasteiger partial charge in [-0.1, -0.05) is 25.4 Å². The monoisotopic (exact) mass is 309 g/mol. The average Bonchev–Trinajstić information content (AvgIpc) is 2.44. The molecule has 1 saturated heterocycles. The van der Waals surface area contributed by atoms with Crippen molar-refractivity contribution in [3.8, 4) is 0 Å². The van der Waals surface area contributed by atoms with Gasteiger partial charge in [0.2, 0.25) is 0 Å². The van der Waals surface area contributed by atoms with Gasteiger partial charge in [0.05, 0.1) is 5.56 Å². The summed E-state index contributed by atoms with van der Waals surface area (Å²) in [6.45, 7) is 5.54. The molecule has 1 fully saturated rings. The van der Waals surface area contributed by atoms with Gasteiger partial charge in [-0.15, -0.1) is 0 Å². The molecule has 4 nitrogen and oxygen atoms in total. The molecule has 0 unspecified atom stereocenters. The number of rotatable bonds is 3. The highest BCUT2D eigenvalue weighted by molar-refractivity contribution is 6.30. The van der Waals surface area contributed by atoms with Crippen molar-refractivity contribution >= 4 is 23.5 Å². The molecule has 0 aliphatic carbocycles. The Balaban J connectivity index is 1.86. The lowest BCUT2D eigenvalue weighted by molar-refractivity contribution is -0.137. The van der Waals surface area contributed by atoms with Crippen LogP contribution in [0.2, 0.25) is 5.02 Å². The molecule has 1 aliphatic rings. The van der Waals surface area contributed by atoms with Crippen molar-refractivity contribution in [3.63, 3.8) is 0 Å². The molecule has 1 aliphatic heterocycles. The fourth-order valence-corrected chi connectivity index (χ4v) is 2.88. The van der Waals surface area contributed by atoms with Gasteiger partial charge in [-0.05, 0) is 42.5 Å². The van der Waals surface area contributed by atoms with Crippen LogP contribution in [0.1, 0.15) is 30.6 Å². The van der Waals surface area contributed by atoms with Gasteiger partial charge >= 0.3 is 5.97 Å². The van der Waals surface area contributed by atoms with Gasteiger partial charge < -0.3 is 9.64 Å². The first-order valence-electron chi connectivity index (χ1n) is 7.16. The van der Waals surface area contributed by atoms with Gasteiger partial charge in [0.1, 0.15) is 0 Å². The fraction of sp³-hybridized carbons (Fsp3) is 0.500. The van der Waals surface area contributed by atoms with Crippen molar-refractivity contribution < 1.29 is 14.3 Å². The topological polar surface area (TPSA) is 46.6 Å². The summed E-state index contributed by atoms with van der Waals surface area (Å²) < 4.78 is 5.08. The van der Waals surface area contributed by atoms with Crippen LogP contribution in [0.4, 0.5) is 0 Å². The van der Waals surface area contributed by atoms with Crippen LogP contribution < -0.4 is 0 Å². The van der Waals surface area contributed by atoms with Gasteiger partial charge in [0.15, 0.2) is 6.61 Å². The van der Waals surface area contributed by atoms with Gasteiger partial charge in [-0.3, -0.25) is 4.79 Å². The molecule has 0 aromatic heterocycles. The lowest BCUT2D eigenvalue weighted by Gasteiger charge is -2.34. The second kappa shape index (κ2) is 6.94. The van der Waals surface area contributed by atoms with Crippen LogP contribution in [-0.2, 0) is 9.53 Å². The number of hydrogen-bond acceptors (Lipinski definition) is 3. The Bertz CT molecular complexity index is 505. The SMILES string of the molecule is C[C@@H]1C[C@H](C)CN(C(=O)COC(=O)c2ccc(Cl)cc2)C1. The number of piperidine rings is 1. The van der Waals surface area contributed by atoms with Crippen LogP contribution >= 0.6 is 11.6 Å². The third-order valence-corrected chi connectivity index (χ3v) is 3.88. The average molecular weight is 310 g/mol. The van der Waals surface area contributed by atoms with E-state index in [2.05, 4.69) is 13.8 Å². The van der Waals surface area contributed by atoms with Crippen molar-refractivity contribution in [1.29, 1.82) is 0 Å². The van der Waals surface area contributed by atoms with Crippen LogP contribution in [-0.4, -0.2) is 36.5 Å². The minimum absolute atomic E-state index is 0.129. The summed E-state index contributed by atoms with van der Waals surface area (Å²) in [7, 11) is 0. The predicted octanol–water partition coefficient (Wildman–Crippen LogP) is 3.00. The maximum absolute atomic E-state index is 12.1. The minimum Gasteiger partial charge on any atom is -0.452 e. The second-order valence-electron chi connectivity index (χ2n) is 5.83. The molecule has 1 aromatic rings. The van der Waals surface area contributed by atoms with Crippen LogP contribution in [0, 0.1) is 11.8 Å². The Morgan fingerprint density at radius 3 is 2.33 bits per heavy atom. The Kier molecular flexibility index (Phi) is 5.23. The van der Waals surface area contributed by atoms with Crippen LogP contribution in [0.25, 0.3) is 0 Å². The summed E-state index contributed by atoms with van der Waals surface area (Å²) in [4.78, 5) is 25.7. The Morgan fingerprint density at radius 2 is 1.76 bits per heavy atom. The first-order chi connectivity index (χ1) is 9.95. The Hall–Kier alpha value is -1.55. The first kappa shape index (κ1) is 15.8. The van der Waals surface area contributed by atoms with Crippen molar-refractivity contribution in [2.24, 2.45) is 11.8 Å². The summed E-state index contributed by atoms with van der Waals surface area (Å²) in [5, 5.41) is 0.555. The molecule has 0 radical (unpaired) electrons. The van der Waals surface area contributed by atoms with Crippen molar-refractivity contribution in [2.45, 2.75) is 20.3 Å². The van der Waals surface area contributed by atoms with Crippen LogP contribution in [0.15, 0.2) is 24.3 Å². The number of carbonyl (C=O) groups is 2. The van der Waals surface area contributed by atoms with E-state index in [4.69, 9.17) is 16.3 Å². The second-order valence-corrected chi connectivity index (χ2v) is 6.26. The molecule has 1 heterocycles. The molecule has 21 heavy (non-hydrogen) atoms. The number of halogens is 1. The smallest absolute Gasteiger partial charge is 0.338 e. The number of likely N-dealkylation sites (tertiary alicyclic amines) is 1. The Labute approximate surface area is 130 Å². The zero-order valence-corrected chi connectivity index (χ0v) is 13.1. The summed E-state index contributed by atoms with van der Waals surface area (Å²) >= 11 is 5.76. The normalized spacial score (nSPS) is 22.0. The molecule has 5 heteroatoms. The highest BCUT2D eigenvalue weighted by atomic mass is 35.5. The van der Waals surface area contributed by atoms with E-state index < -0.39 is 5.97 Å². The lowest BCUT2D eigenvalue weighted by Crippen LogP contribution is -2.44. The largest absolute Gasteiger partial charge is 0.452 e. The predicted molar refractivity (Wildman–Crippen MR) is 81.3 cm³/mol. The number of ether oxygens (including phenoxy) is 1. The third-order valence-electron chi connectivity index (χ3n) is 3.63. The van der Waals surface area contributed by atoms with E-state index >= 15 is 0 Å². The number of amides is 1. The molecular weight excluding hydrogens is 290 g/mol. The number of hydrogen-bond donors (Lipinski definition) is 0. The van der Waals surface area contributed by atoms with E-state index in [1.807, 2.05) is 0 Å². The quantitative estimate of drug-likeness (QED) is 0.806. The zero-order valence-electron chi connectivity index (χ0n) is 12.3. The third kappa shape index (κ3) is 4.46. The van der Waals surface area contributed by atoms with E-state index in [1.54, 1.807) is 29.2 Å². The highest BCUT2D eigenvalue weighted by Gasteiger charge is 2.25. The summed E-state index contributed by atoms with van der Waals surface area (Å²) in [5.74, 6) is 0.350. The fourth-order valence-electron chi connectivity index (χ4n) is 2.75. The summed E-state index contributed by atoms with van der Waals surface area (Å²) in [6, 6.07) is 6.41. The minimum atomic E-state index is -0.502. The van der Waals surface area contributed by atoms with Gasteiger partial charge in [-0.2, -0.15) is 0 Å². The number of carbonyl (C=O) groups excluding carboxylic acids is 2. The van der Waals surface area contributed by atoms with E-state index in [9.17, 15) is 9.59 Å². The van der Waals surface area contributed by atoms with Crippen molar-refractivity contribution in [1.82, 2.24) is 4.90 Å². The molecule has 114 valence electrons. The summed E-state index contributed by atoms with van der Waals surface area (Å²) in [5.41, 5.74) is 0.396. The van der Waals surface area contributed by atoms with E-state index in [-0.39, 0.29) is 12.5 Å². The van der Waals surface area contributed by atoms with Crippen molar-refractivity contribution in [3.05, 3.63) is 34.9 Å². The molecule has 2 rings (SSSR count). The van der Waals surface area contributed by atoms with Gasteiger partial charge in [0.25, 0.3) is 5.91 Å². The van der Waals surface area contributed by atoms with Gasteiger partial charge in [0, 0.05) is 18.1 Å². The first-order valence-corrected chi connectivity index (χ1v) is 7.54. The number of esters is 1. The molecule has 0 saturated carbocycles. The summed E-state index contributed by atoms with van der Waals surface area (Å²) in [6.07, 6.45) is 1.13. The molecule has 0 bridgehead atoms. The van der Waals surface area contributed by atoms with Gasteiger partial charge in [-0.25, -0.2) is 4.79 Å². The Morgan fingerprint density at radius 1 is 1.19 bits per heavy atom. The lowest BCUT2D eigenvalue weighted by atomic mass is 9.92. The maximum Gasteiger partial charge on any atom is 0.338 e. The molecule has 1 amide bonds. The molecule has 0 spiro atoms. The van der Waals surface area contributed by atoms with Crippen LogP contribution in [0.3, 0.4) is 0 Å². The highest BCUT2D eigenvalue weighted by Crippen LogP contribution is 2.21. The van der Waals surface area contributed by atoms with Crippen molar-refractivity contribution in [2.75, 3.05) is 19.7 Å². The number of benzene rings is 1. The van der Waals surface area contributed by atoms with E-state index in [1.165, 1.54) is 0 Å². The molecule has 1 aromatic carbocycles. The maximum atomic E-state index is 12.1. The number of nitrogens with zero attached hydrogens (tertiary/aromatic N) is 1. The van der Waals surface area contributed by atoms with Crippen LogP contribution in [0.5, 0.6) is 0 Å².